The molecule has 0 aliphatic rings. The number of H-pyrrole nitrogens is 1. The van der Waals surface area contributed by atoms with Crippen LogP contribution in [0.3, 0.4) is 0 Å². The van der Waals surface area contributed by atoms with E-state index in [1.54, 1.807) is 0 Å². The lowest BCUT2D eigenvalue weighted by Crippen LogP contribution is -1.89. The molecule has 2 rings (SSSR count). The summed E-state index contributed by atoms with van der Waals surface area (Å²) >= 11 is 3.84. The standard InChI is InChI=1S/C10H9NOS/c1-6-9(10(12)13)7-4-2-3-5-8(7)11-6/h2-5,11H,1H3,(H,12,13). The molecular formula is C10H9NOS. The van der Waals surface area contributed by atoms with Crippen LogP contribution in [0, 0.1) is 6.92 Å². The summed E-state index contributed by atoms with van der Waals surface area (Å²) in [5.41, 5.74) is 2.54. The van der Waals surface area contributed by atoms with Crippen LogP contribution in [0.25, 0.3) is 10.9 Å². The van der Waals surface area contributed by atoms with E-state index in [0.29, 0.717) is 5.56 Å². The van der Waals surface area contributed by atoms with Crippen LogP contribution in [-0.4, -0.2) is 10.1 Å². The molecule has 0 atom stereocenters. The Labute approximate surface area is 81.4 Å². The fraction of sp³-hybridized carbons (Fsp3) is 0.100. The van der Waals surface area contributed by atoms with Gasteiger partial charge in [-0.05, 0) is 13.0 Å². The molecule has 1 N–H and O–H groups in total. The Morgan fingerprint density at radius 2 is 2.08 bits per heavy atom. The molecule has 0 radical (unpaired) electrons. The van der Waals surface area contributed by atoms with Gasteiger partial charge in [-0.2, -0.15) is 0 Å². The molecule has 3 heteroatoms. The van der Waals surface area contributed by atoms with Crippen molar-refractivity contribution in [2.24, 2.45) is 0 Å². The second-order valence-electron chi connectivity index (χ2n) is 2.98. The van der Waals surface area contributed by atoms with Crippen LogP contribution in [0.15, 0.2) is 24.3 Å². The predicted molar refractivity (Wildman–Crippen MR) is 56.4 cm³/mol. The number of aromatic amines is 1. The molecule has 2 aromatic rings. The first-order chi connectivity index (χ1) is 6.20. The lowest BCUT2D eigenvalue weighted by molar-refractivity contribution is 0.109. The van der Waals surface area contributed by atoms with Crippen molar-refractivity contribution in [3.05, 3.63) is 35.5 Å². The number of hydrogen-bond donors (Lipinski definition) is 2. The summed E-state index contributed by atoms with van der Waals surface area (Å²) in [5, 5.41) is 0.759. The van der Waals surface area contributed by atoms with Gasteiger partial charge in [0.1, 0.15) is 0 Å². The summed E-state index contributed by atoms with van der Waals surface area (Å²) < 4.78 is 0. The molecule has 0 aliphatic heterocycles. The number of fused-ring (bicyclic) bond motifs is 1. The fourth-order valence-electron chi connectivity index (χ4n) is 1.55. The molecule has 66 valence electrons. The van der Waals surface area contributed by atoms with E-state index in [0.717, 1.165) is 16.6 Å². The summed E-state index contributed by atoms with van der Waals surface area (Å²) in [6, 6.07) is 7.71. The molecular weight excluding hydrogens is 182 g/mol. The van der Waals surface area contributed by atoms with Gasteiger partial charge in [0, 0.05) is 16.6 Å². The summed E-state index contributed by atoms with van der Waals surface area (Å²) in [5.74, 6) is 0. The molecule has 1 aromatic heterocycles. The number of hydrogen-bond acceptors (Lipinski definition) is 1. The molecule has 0 aliphatic carbocycles. The normalized spacial score (nSPS) is 10.6. The van der Waals surface area contributed by atoms with Gasteiger partial charge in [0.25, 0.3) is 0 Å². The van der Waals surface area contributed by atoms with Crippen molar-refractivity contribution in [2.75, 3.05) is 0 Å². The van der Waals surface area contributed by atoms with Crippen LogP contribution < -0.4 is 0 Å². The summed E-state index contributed by atoms with van der Waals surface area (Å²) in [6.07, 6.45) is 0. The van der Waals surface area contributed by atoms with Crippen LogP contribution in [0.1, 0.15) is 16.1 Å². The molecule has 0 spiro atoms. The number of aryl methyl sites for hydroxylation is 1. The van der Waals surface area contributed by atoms with Crippen LogP contribution in [-0.2, 0) is 0 Å². The quantitative estimate of drug-likeness (QED) is 0.667. The molecule has 1 heterocycles. The van der Waals surface area contributed by atoms with Gasteiger partial charge in [-0.25, -0.2) is 0 Å². The Hall–Kier alpha value is -1.22. The van der Waals surface area contributed by atoms with E-state index in [1.807, 2.05) is 31.2 Å². The third-order valence-corrected chi connectivity index (χ3v) is 2.33. The van der Waals surface area contributed by atoms with E-state index in [4.69, 9.17) is 0 Å². The van der Waals surface area contributed by atoms with Crippen molar-refractivity contribution in [1.82, 2.24) is 4.98 Å². The SMILES string of the molecule is Cc1[nH]c2ccccc2c1C(=O)S. The first kappa shape index (κ1) is 8.38. The average molecular weight is 191 g/mol. The maximum Gasteiger partial charge on any atom is 0.218 e. The number of carbonyl (C=O) groups is 1. The van der Waals surface area contributed by atoms with Gasteiger partial charge in [0.2, 0.25) is 5.12 Å². The third kappa shape index (κ3) is 1.25. The minimum absolute atomic E-state index is 0.185. The second kappa shape index (κ2) is 2.92. The highest BCUT2D eigenvalue weighted by Gasteiger charge is 2.11. The van der Waals surface area contributed by atoms with Crippen LogP contribution >= 0.6 is 12.6 Å². The minimum atomic E-state index is -0.185. The van der Waals surface area contributed by atoms with Crippen molar-refractivity contribution < 1.29 is 4.79 Å². The van der Waals surface area contributed by atoms with E-state index in [-0.39, 0.29) is 5.12 Å². The van der Waals surface area contributed by atoms with Gasteiger partial charge in [-0.3, -0.25) is 4.79 Å². The number of thiol groups is 1. The van der Waals surface area contributed by atoms with Crippen molar-refractivity contribution >= 4 is 28.6 Å². The van der Waals surface area contributed by atoms with E-state index < -0.39 is 0 Å². The summed E-state index contributed by atoms with van der Waals surface area (Å²) in [4.78, 5) is 14.3. The van der Waals surface area contributed by atoms with E-state index >= 15 is 0 Å². The van der Waals surface area contributed by atoms with Crippen LogP contribution in [0.5, 0.6) is 0 Å². The van der Waals surface area contributed by atoms with E-state index in [1.165, 1.54) is 0 Å². The third-order valence-electron chi connectivity index (χ3n) is 2.11. The average Bonchev–Trinajstić information content (AvgIpc) is 2.39. The van der Waals surface area contributed by atoms with Crippen molar-refractivity contribution in [1.29, 1.82) is 0 Å². The van der Waals surface area contributed by atoms with Crippen molar-refractivity contribution in [3.8, 4) is 0 Å². The van der Waals surface area contributed by atoms with Crippen LogP contribution in [0.2, 0.25) is 0 Å². The highest BCUT2D eigenvalue weighted by Crippen LogP contribution is 2.22. The monoisotopic (exact) mass is 191 g/mol. The Balaban J connectivity index is 2.86. The molecule has 0 saturated carbocycles. The number of aromatic nitrogens is 1. The minimum Gasteiger partial charge on any atom is -0.358 e. The van der Waals surface area contributed by atoms with Gasteiger partial charge < -0.3 is 4.98 Å². The van der Waals surface area contributed by atoms with E-state index in [9.17, 15) is 4.79 Å². The number of rotatable bonds is 1. The maximum absolute atomic E-state index is 11.2. The predicted octanol–water partition coefficient (Wildman–Crippen LogP) is 2.55. The second-order valence-corrected chi connectivity index (χ2v) is 3.38. The number of carbonyl (C=O) groups excluding carboxylic acids is 1. The molecule has 0 amide bonds. The van der Waals surface area contributed by atoms with Gasteiger partial charge >= 0.3 is 0 Å². The Bertz CT molecular complexity index is 473. The highest BCUT2D eigenvalue weighted by atomic mass is 32.1. The van der Waals surface area contributed by atoms with Gasteiger partial charge in [-0.15, -0.1) is 12.6 Å². The lowest BCUT2D eigenvalue weighted by atomic mass is 10.1. The molecule has 0 fully saturated rings. The number of benzene rings is 1. The summed E-state index contributed by atoms with van der Waals surface area (Å²) in [6.45, 7) is 1.88. The molecule has 0 unspecified atom stereocenters. The highest BCUT2D eigenvalue weighted by molar-refractivity contribution is 7.97. The Kier molecular flexibility index (Phi) is 1.88. The van der Waals surface area contributed by atoms with E-state index in [2.05, 4.69) is 17.6 Å². The topological polar surface area (TPSA) is 32.9 Å². The summed E-state index contributed by atoms with van der Waals surface area (Å²) in [7, 11) is 0. The fourth-order valence-corrected chi connectivity index (χ4v) is 1.84. The van der Waals surface area contributed by atoms with Gasteiger partial charge in [-0.1, -0.05) is 18.2 Å². The maximum atomic E-state index is 11.2. The first-order valence-electron chi connectivity index (χ1n) is 4.01. The number of nitrogens with one attached hydrogen (secondary N) is 1. The van der Waals surface area contributed by atoms with Crippen molar-refractivity contribution in [3.63, 3.8) is 0 Å². The molecule has 0 bridgehead atoms. The first-order valence-corrected chi connectivity index (χ1v) is 4.45. The zero-order valence-corrected chi connectivity index (χ0v) is 8.06. The molecule has 13 heavy (non-hydrogen) atoms. The zero-order valence-electron chi connectivity index (χ0n) is 7.16. The Morgan fingerprint density at radius 1 is 1.38 bits per heavy atom. The number of para-hydroxylation sites is 1. The zero-order chi connectivity index (χ0) is 9.42. The van der Waals surface area contributed by atoms with Crippen LogP contribution in [0.4, 0.5) is 0 Å². The Morgan fingerprint density at radius 3 is 2.77 bits per heavy atom. The smallest absolute Gasteiger partial charge is 0.218 e. The molecule has 1 aromatic carbocycles. The lowest BCUT2D eigenvalue weighted by Gasteiger charge is -1.92. The van der Waals surface area contributed by atoms with Crippen molar-refractivity contribution in [2.45, 2.75) is 6.92 Å². The largest absolute Gasteiger partial charge is 0.358 e. The molecule has 0 saturated heterocycles. The molecule has 2 nitrogen and oxygen atoms in total. The van der Waals surface area contributed by atoms with Gasteiger partial charge in [0.15, 0.2) is 0 Å². The van der Waals surface area contributed by atoms with Gasteiger partial charge in [0.05, 0.1) is 5.56 Å².